The van der Waals surface area contributed by atoms with Gasteiger partial charge in [-0.05, 0) is 36.6 Å². The number of hydrogen-bond donors (Lipinski definition) is 2. The first-order valence-corrected chi connectivity index (χ1v) is 9.22. The molecule has 2 aromatic carbocycles. The van der Waals surface area contributed by atoms with E-state index in [0.717, 1.165) is 31.5 Å². The number of carbonyl (C=O) groups excluding carboxylic acids is 2. The summed E-state index contributed by atoms with van der Waals surface area (Å²) in [5.41, 5.74) is 2.15. The minimum absolute atomic E-state index is 0.0829. The predicted octanol–water partition coefficient (Wildman–Crippen LogP) is 2.47. The lowest BCUT2D eigenvalue weighted by Crippen LogP contribution is -2.33. The van der Waals surface area contributed by atoms with E-state index in [0.29, 0.717) is 17.7 Å². The topological polar surface area (TPSA) is 61.4 Å². The van der Waals surface area contributed by atoms with Gasteiger partial charge in [0.1, 0.15) is 5.82 Å². The van der Waals surface area contributed by atoms with Gasteiger partial charge in [-0.2, -0.15) is 0 Å². The van der Waals surface area contributed by atoms with Crippen LogP contribution in [0.5, 0.6) is 0 Å². The third-order valence-corrected chi connectivity index (χ3v) is 4.64. The number of hydrogen-bond acceptors (Lipinski definition) is 3. The van der Waals surface area contributed by atoms with Gasteiger partial charge < -0.3 is 15.5 Å². The SMILES string of the molecule is O=C(CNCc1ccc(C(=O)N2CCCC2)cc1)NCc1ccccc1F. The molecule has 0 saturated carbocycles. The monoisotopic (exact) mass is 369 g/mol. The van der Waals surface area contributed by atoms with Gasteiger partial charge in [0.25, 0.3) is 5.91 Å². The molecule has 0 aliphatic carbocycles. The van der Waals surface area contributed by atoms with E-state index in [9.17, 15) is 14.0 Å². The van der Waals surface area contributed by atoms with Gasteiger partial charge in [-0.3, -0.25) is 9.59 Å². The summed E-state index contributed by atoms with van der Waals surface area (Å²) in [6, 6.07) is 13.8. The van der Waals surface area contributed by atoms with Crippen LogP contribution in [0.25, 0.3) is 0 Å². The Bertz CT molecular complexity index is 786. The molecule has 0 atom stereocenters. The second-order valence-corrected chi connectivity index (χ2v) is 6.67. The van der Waals surface area contributed by atoms with Crippen LogP contribution in [-0.4, -0.2) is 36.3 Å². The van der Waals surface area contributed by atoms with Crippen LogP contribution in [0.3, 0.4) is 0 Å². The number of benzene rings is 2. The Labute approximate surface area is 158 Å². The number of carbonyl (C=O) groups is 2. The lowest BCUT2D eigenvalue weighted by atomic mass is 10.1. The number of amides is 2. The molecule has 1 heterocycles. The fraction of sp³-hybridized carbons (Fsp3) is 0.333. The molecule has 0 unspecified atom stereocenters. The maximum absolute atomic E-state index is 13.5. The third-order valence-electron chi connectivity index (χ3n) is 4.64. The van der Waals surface area contributed by atoms with E-state index in [1.54, 1.807) is 18.2 Å². The molecule has 0 aromatic heterocycles. The quantitative estimate of drug-likeness (QED) is 0.788. The molecule has 0 radical (unpaired) electrons. The smallest absolute Gasteiger partial charge is 0.253 e. The Hall–Kier alpha value is -2.73. The molecule has 2 N–H and O–H groups in total. The summed E-state index contributed by atoms with van der Waals surface area (Å²) >= 11 is 0. The van der Waals surface area contributed by atoms with Crippen LogP contribution >= 0.6 is 0 Å². The first-order valence-electron chi connectivity index (χ1n) is 9.22. The van der Waals surface area contributed by atoms with Gasteiger partial charge in [-0.1, -0.05) is 30.3 Å². The summed E-state index contributed by atoms with van der Waals surface area (Å²) in [7, 11) is 0. The summed E-state index contributed by atoms with van der Waals surface area (Å²) in [6.07, 6.45) is 2.15. The highest BCUT2D eigenvalue weighted by molar-refractivity contribution is 5.94. The Morgan fingerprint density at radius 2 is 1.67 bits per heavy atom. The van der Waals surface area contributed by atoms with Crippen LogP contribution in [0.15, 0.2) is 48.5 Å². The molecule has 142 valence electrons. The third kappa shape index (κ3) is 5.37. The van der Waals surface area contributed by atoms with E-state index in [-0.39, 0.29) is 30.7 Å². The minimum atomic E-state index is -0.325. The van der Waals surface area contributed by atoms with Crippen molar-refractivity contribution in [2.24, 2.45) is 0 Å². The summed E-state index contributed by atoms with van der Waals surface area (Å²) < 4.78 is 13.5. The van der Waals surface area contributed by atoms with Crippen molar-refractivity contribution < 1.29 is 14.0 Å². The largest absolute Gasteiger partial charge is 0.351 e. The van der Waals surface area contributed by atoms with E-state index in [1.165, 1.54) is 6.07 Å². The fourth-order valence-electron chi connectivity index (χ4n) is 3.09. The standard InChI is InChI=1S/C21H24FN3O2/c22-19-6-2-1-5-18(19)14-24-20(26)15-23-13-16-7-9-17(10-8-16)21(27)25-11-3-4-12-25/h1-2,5-10,23H,3-4,11-15H2,(H,24,26). The molecule has 2 aromatic rings. The van der Waals surface area contributed by atoms with E-state index in [4.69, 9.17) is 0 Å². The molecule has 3 rings (SSSR count). The van der Waals surface area contributed by atoms with Gasteiger partial charge in [0.15, 0.2) is 0 Å². The number of nitrogens with one attached hydrogen (secondary N) is 2. The van der Waals surface area contributed by atoms with Gasteiger partial charge in [0.05, 0.1) is 6.54 Å². The molecule has 27 heavy (non-hydrogen) atoms. The molecule has 1 aliphatic heterocycles. The number of rotatable bonds is 7. The summed E-state index contributed by atoms with van der Waals surface area (Å²) in [4.78, 5) is 26.0. The molecule has 1 aliphatic rings. The molecule has 1 saturated heterocycles. The lowest BCUT2D eigenvalue weighted by molar-refractivity contribution is -0.120. The Morgan fingerprint density at radius 1 is 0.963 bits per heavy atom. The molecule has 1 fully saturated rings. The number of halogens is 1. The highest BCUT2D eigenvalue weighted by Crippen LogP contribution is 2.13. The van der Waals surface area contributed by atoms with E-state index in [1.807, 2.05) is 29.2 Å². The average molecular weight is 369 g/mol. The second-order valence-electron chi connectivity index (χ2n) is 6.67. The van der Waals surface area contributed by atoms with E-state index >= 15 is 0 Å². The highest BCUT2D eigenvalue weighted by Gasteiger charge is 2.19. The molecule has 0 bridgehead atoms. The van der Waals surface area contributed by atoms with Crippen LogP contribution < -0.4 is 10.6 Å². The van der Waals surface area contributed by atoms with Crippen LogP contribution in [-0.2, 0) is 17.9 Å². The maximum Gasteiger partial charge on any atom is 0.253 e. The maximum atomic E-state index is 13.5. The second kappa shape index (κ2) is 9.28. The van der Waals surface area contributed by atoms with Crippen molar-refractivity contribution in [2.75, 3.05) is 19.6 Å². The van der Waals surface area contributed by atoms with Crippen molar-refractivity contribution in [1.29, 1.82) is 0 Å². The van der Waals surface area contributed by atoms with E-state index in [2.05, 4.69) is 10.6 Å². The van der Waals surface area contributed by atoms with Crippen molar-refractivity contribution in [3.05, 3.63) is 71.0 Å². The van der Waals surface area contributed by atoms with Crippen LogP contribution in [0.1, 0.15) is 34.3 Å². The zero-order chi connectivity index (χ0) is 19.1. The van der Waals surface area contributed by atoms with Gasteiger partial charge >= 0.3 is 0 Å². The van der Waals surface area contributed by atoms with Crippen molar-refractivity contribution in [3.63, 3.8) is 0 Å². The molecule has 0 spiro atoms. The number of likely N-dealkylation sites (tertiary alicyclic amines) is 1. The highest BCUT2D eigenvalue weighted by atomic mass is 19.1. The Kier molecular flexibility index (Phi) is 6.54. The average Bonchev–Trinajstić information content (AvgIpc) is 3.22. The Morgan fingerprint density at radius 3 is 2.37 bits per heavy atom. The van der Waals surface area contributed by atoms with Gasteiger partial charge in [0, 0.05) is 37.3 Å². The molecule has 5 nitrogen and oxygen atoms in total. The van der Waals surface area contributed by atoms with Crippen molar-refractivity contribution >= 4 is 11.8 Å². The van der Waals surface area contributed by atoms with Gasteiger partial charge in [-0.15, -0.1) is 0 Å². The summed E-state index contributed by atoms with van der Waals surface area (Å²) in [6.45, 7) is 2.50. The molecule has 6 heteroatoms. The van der Waals surface area contributed by atoms with Crippen molar-refractivity contribution in [1.82, 2.24) is 15.5 Å². The zero-order valence-electron chi connectivity index (χ0n) is 15.2. The molecular weight excluding hydrogens is 345 g/mol. The van der Waals surface area contributed by atoms with Crippen molar-refractivity contribution in [3.8, 4) is 0 Å². The lowest BCUT2D eigenvalue weighted by Gasteiger charge is -2.15. The Balaban J connectivity index is 1.40. The minimum Gasteiger partial charge on any atom is -0.351 e. The van der Waals surface area contributed by atoms with Gasteiger partial charge in [-0.25, -0.2) is 4.39 Å². The summed E-state index contributed by atoms with van der Waals surface area (Å²) in [5, 5.41) is 5.74. The van der Waals surface area contributed by atoms with Crippen LogP contribution in [0.4, 0.5) is 4.39 Å². The number of nitrogens with zero attached hydrogens (tertiary/aromatic N) is 1. The van der Waals surface area contributed by atoms with E-state index < -0.39 is 0 Å². The van der Waals surface area contributed by atoms with Crippen molar-refractivity contribution in [2.45, 2.75) is 25.9 Å². The first-order chi connectivity index (χ1) is 13.1. The van der Waals surface area contributed by atoms with Crippen LogP contribution in [0, 0.1) is 5.82 Å². The fourth-order valence-corrected chi connectivity index (χ4v) is 3.09. The normalized spacial score (nSPS) is 13.6. The predicted molar refractivity (Wildman–Crippen MR) is 102 cm³/mol. The molecule has 2 amide bonds. The molecular formula is C21H24FN3O2. The zero-order valence-corrected chi connectivity index (χ0v) is 15.2. The van der Waals surface area contributed by atoms with Crippen LogP contribution in [0.2, 0.25) is 0 Å². The summed E-state index contributed by atoms with van der Waals surface area (Å²) in [5.74, 6) is -0.437. The van der Waals surface area contributed by atoms with Gasteiger partial charge in [0.2, 0.25) is 5.91 Å². The first kappa shape index (κ1) is 19.0.